The summed E-state index contributed by atoms with van der Waals surface area (Å²) in [5.74, 6) is 0. The van der Waals surface area contributed by atoms with Crippen molar-refractivity contribution in [3.05, 3.63) is 84.0 Å². The second-order valence-corrected chi connectivity index (χ2v) is 6.84. The molecule has 0 bridgehead atoms. The lowest BCUT2D eigenvalue weighted by Crippen LogP contribution is -2.05. The van der Waals surface area contributed by atoms with E-state index >= 15 is 0 Å². The van der Waals surface area contributed by atoms with Crippen molar-refractivity contribution in [3.63, 3.8) is 0 Å². The van der Waals surface area contributed by atoms with Crippen molar-refractivity contribution in [3.8, 4) is 11.1 Å². The van der Waals surface area contributed by atoms with E-state index in [4.69, 9.17) is 0 Å². The van der Waals surface area contributed by atoms with Crippen LogP contribution in [0.25, 0.3) is 11.1 Å². The van der Waals surface area contributed by atoms with Crippen LogP contribution in [0.3, 0.4) is 0 Å². The zero-order valence-electron chi connectivity index (χ0n) is 14.7. The number of fused-ring (bicyclic) bond motifs is 3. The number of unbranched alkanes of at least 4 members (excludes halogenated alkanes) is 2. The van der Waals surface area contributed by atoms with Crippen molar-refractivity contribution >= 4 is 0 Å². The number of aryl methyl sites for hydroxylation is 4. The fourth-order valence-corrected chi connectivity index (χ4v) is 3.71. The van der Waals surface area contributed by atoms with Gasteiger partial charge in [0.2, 0.25) is 0 Å². The van der Waals surface area contributed by atoms with Crippen molar-refractivity contribution in [1.29, 1.82) is 0 Å². The number of hydrogen-bond donors (Lipinski definition) is 0. The molecule has 0 heterocycles. The van der Waals surface area contributed by atoms with Gasteiger partial charge in [0.25, 0.3) is 0 Å². The van der Waals surface area contributed by atoms with Crippen LogP contribution in [0.5, 0.6) is 0 Å². The van der Waals surface area contributed by atoms with Gasteiger partial charge in [-0.15, -0.1) is 13.2 Å². The molecule has 124 valence electrons. The molecule has 2 aromatic rings. The molecule has 0 fully saturated rings. The Morgan fingerprint density at radius 3 is 1.58 bits per heavy atom. The molecule has 0 radical (unpaired) electrons. The first-order chi connectivity index (χ1) is 11.8. The lowest BCUT2D eigenvalue weighted by Gasteiger charge is -2.21. The molecule has 2 aromatic carbocycles. The Balaban J connectivity index is 1.78. The summed E-state index contributed by atoms with van der Waals surface area (Å²) in [6.45, 7) is 7.63. The lowest BCUT2D eigenvalue weighted by atomic mass is 9.83. The second kappa shape index (κ2) is 8.15. The van der Waals surface area contributed by atoms with Crippen LogP contribution in [0, 0.1) is 0 Å². The van der Waals surface area contributed by atoms with Gasteiger partial charge >= 0.3 is 0 Å². The van der Waals surface area contributed by atoms with Crippen LogP contribution in [0.1, 0.15) is 47.9 Å². The molecule has 0 saturated carbocycles. The summed E-state index contributed by atoms with van der Waals surface area (Å²) >= 11 is 0. The van der Waals surface area contributed by atoms with Gasteiger partial charge in [-0.25, -0.2) is 0 Å². The maximum absolute atomic E-state index is 3.81. The summed E-state index contributed by atoms with van der Waals surface area (Å²) in [5.41, 5.74) is 8.89. The summed E-state index contributed by atoms with van der Waals surface area (Å²) in [4.78, 5) is 0. The van der Waals surface area contributed by atoms with Gasteiger partial charge in [0.15, 0.2) is 0 Å². The molecule has 1 aliphatic rings. The highest BCUT2D eigenvalue weighted by Gasteiger charge is 2.16. The van der Waals surface area contributed by atoms with E-state index in [2.05, 4.69) is 49.6 Å². The first-order valence-corrected chi connectivity index (χ1v) is 9.27. The van der Waals surface area contributed by atoms with Gasteiger partial charge < -0.3 is 0 Å². The Kier molecular flexibility index (Phi) is 5.69. The molecule has 0 saturated heterocycles. The molecule has 0 nitrogen and oxygen atoms in total. The van der Waals surface area contributed by atoms with Gasteiger partial charge in [-0.3, -0.25) is 0 Å². The monoisotopic (exact) mass is 316 g/mol. The highest BCUT2D eigenvalue weighted by Crippen LogP contribution is 2.35. The lowest BCUT2D eigenvalue weighted by molar-refractivity contribution is 0.834. The molecule has 0 unspecified atom stereocenters. The van der Waals surface area contributed by atoms with Gasteiger partial charge in [0, 0.05) is 0 Å². The average molecular weight is 316 g/mol. The first-order valence-electron chi connectivity index (χ1n) is 9.27. The molecule has 0 spiro atoms. The third kappa shape index (κ3) is 3.87. The van der Waals surface area contributed by atoms with Crippen LogP contribution in [-0.4, -0.2) is 0 Å². The van der Waals surface area contributed by atoms with Crippen LogP contribution in [0.2, 0.25) is 0 Å². The highest BCUT2D eigenvalue weighted by atomic mass is 14.2. The van der Waals surface area contributed by atoms with Crippen molar-refractivity contribution in [2.24, 2.45) is 0 Å². The Morgan fingerprint density at radius 2 is 1.17 bits per heavy atom. The maximum atomic E-state index is 3.81. The summed E-state index contributed by atoms with van der Waals surface area (Å²) in [6, 6.07) is 14.2. The standard InChI is InChI=1S/C24H28/c1-3-5-7-9-19-11-15-23-21(17-19)13-14-22-18-20(10-8-6-4-2)12-16-24(22)23/h3-4,11-12,15-18H,1-2,5-10,13-14H2. The Hall–Kier alpha value is -2.08. The van der Waals surface area contributed by atoms with Crippen LogP contribution in [0.4, 0.5) is 0 Å². The van der Waals surface area contributed by atoms with Crippen LogP contribution < -0.4 is 0 Å². The largest absolute Gasteiger partial charge is 0.103 e. The summed E-state index contributed by atoms with van der Waals surface area (Å²) < 4.78 is 0. The number of hydrogen-bond acceptors (Lipinski definition) is 0. The van der Waals surface area contributed by atoms with Gasteiger partial charge in [0.1, 0.15) is 0 Å². The summed E-state index contributed by atoms with van der Waals surface area (Å²) in [5, 5.41) is 0. The molecular weight excluding hydrogens is 288 g/mol. The SMILES string of the molecule is C=CCCCc1ccc2c(c1)CCc1cc(CCCC=C)ccc1-2. The summed E-state index contributed by atoms with van der Waals surface area (Å²) in [7, 11) is 0. The molecule has 0 heteroatoms. The van der Waals surface area contributed by atoms with Crippen molar-refractivity contribution in [2.45, 2.75) is 51.4 Å². The summed E-state index contributed by atoms with van der Waals surface area (Å²) in [6.07, 6.45) is 13.3. The molecule has 1 aliphatic carbocycles. The zero-order chi connectivity index (χ0) is 16.8. The third-order valence-electron chi connectivity index (χ3n) is 5.04. The fourth-order valence-electron chi connectivity index (χ4n) is 3.71. The van der Waals surface area contributed by atoms with Crippen molar-refractivity contribution in [1.82, 2.24) is 0 Å². The Bertz CT molecular complexity index is 657. The van der Waals surface area contributed by atoms with E-state index in [0.717, 1.165) is 25.7 Å². The molecule has 3 rings (SSSR count). The zero-order valence-corrected chi connectivity index (χ0v) is 14.7. The molecule has 0 amide bonds. The van der Waals surface area contributed by atoms with E-state index in [0.29, 0.717) is 0 Å². The minimum absolute atomic E-state index is 1.11. The minimum atomic E-state index is 1.11. The van der Waals surface area contributed by atoms with Gasteiger partial charge in [-0.1, -0.05) is 48.6 Å². The Morgan fingerprint density at radius 1 is 0.708 bits per heavy atom. The highest BCUT2D eigenvalue weighted by molar-refractivity contribution is 5.73. The van der Waals surface area contributed by atoms with Crippen LogP contribution in [0.15, 0.2) is 61.7 Å². The van der Waals surface area contributed by atoms with Gasteiger partial charge in [0.05, 0.1) is 0 Å². The molecule has 0 aliphatic heterocycles. The fraction of sp³-hybridized carbons (Fsp3) is 0.333. The quantitative estimate of drug-likeness (QED) is 0.387. The average Bonchev–Trinajstić information content (AvgIpc) is 2.62. The van der Waals surface area contributed by atoms with Crippen molar-refractivity contribution in [2.75, 3.05) is 0 Å². The first kappa shape index (κ1) is 16.8. The molecule has 0 atom stereocenters. The number of allylic oxidation sites excluding steroid dienone is 2. The van der Waals surface area contributed by atoms with E-state index in [1.807, 2.05) is 12.2 Å². The Labute approximate surface area is 146 Å². The molecule has 0 aromatic heterocycles. The van der Waals surface area contributed by atoms with E-state index < -0.39 is 0 Å². The van der Waals surface area contributed by atoms with E-state index in [9.17, 15) is 0 Å². The topological polar surface area (TPSA) is 0 Å². The minimum Gasteiger partial charge on any atom is -0.103 e. The normalized spacial score (nSPS) is 12.3. The van der Waals surface area contributed by atoms with Gasteiger partial charge in [-0.05, 0) is 84.7 Å². The smallest absolute Gasteiger partial charge is 0.0149 e. The predicted octanol–water partition coefficient (Wildman–Crippen LogP) is 6.47. The maximum Gasteiger partial charge on any atom is -0.0149 e. The van der Waals surface area contributed by atoms with E-state index in [1.165, 1.54) is 59.1 Å². The predicted molar refractivity (Wildman–Crippen MR) is 106 cm³/mol. The van der Waals surface area contributed by atoms with E-state index in [1.54, 1.807) is 0 Å². The van der Waals surface area contributed by atoms with E-state index in [-0.39, 0.29) is 0 Å². The molecular formula is C24H28. The van der Waals surface area contributed by atoms with Crippen LogP contribution >= 0.6 is 0 Å². The number of benzene rings is 2. The van der Waals surface area contributed by atoms with Gasteiger partial charge in [-0.2, -0.15) is 0 Å². The second-order valence-electron chi connectivity index (χ2n) is 6.84. The molecule has 0 N–H and O–H groups in total. The third-order valence-corrected chi connectivity index (χ3v) is 5.04. The molecule has 24 heavy (non-hydrogen) atoms. The van der Waals surface area contributed by atoms with Crippen LogP contribution in [-0.2, 0) is 25.7 Å². The number of rotatable bonds is 8. The van der Waals surface area contributed by atoms with Crippen molar-refractivity contribution < 1.29 is 0 Å².